The second-order valence-corrected chi connectivity index (χ2v) is 4.20. The Hall–Kier alpha value is -2.71. The molecule has 3 aromatic heterocycles. The second kappa shape index (κ2) is 4.19. The van der Waals surface area contributed by atoms with Crippen molar-refractivity contribution in [2.75, 3.05) is 11.1 Å². The molecule has 3 aromatic rings. The average molecular weight is 259 g/mol. The first-order valence-corrected chi connectivity index (χ1v) is 5.72. The minimum absolute atomic E-state index is 0.0756. The molecule has 98 valence electrons. The maximum Gasteiger partial charge on any atom is 0.224 e. The molecular formula is C10H13N9. The minimum Gasteiger partial charge on any atom is -0.368 e. The second-order valence-electron chi connectivity index (χ2n) is 4.20. The average Bonchev–Trinajstić information content (AvgIpc) is 2.97. The van der Waals surface area contributed by atoms with Crippen LogP contribution in [0.1, 0.15) is 18.8 Å². The number of nitrogens with zero attached hydrogens (tertiary/aromatic N) is 6. The van der Waals surface area contributed by atoms with Gasteiger partial charge < -0.3 is 20.6 Å². The number of anilines is 2. The molecule has 3 rings (SSSR count). The molecule has 0 aliphatic rings. The number of aryl methyl sites for hydroxylation is 1. The number of nitrogens with one attached hydrogen (secondary N) is 2. The van der Waals surface area contributed by atoms with Gasteiger partial charge in [-0.1, -0.05) is 0 Å². The van der Waals surface area contributed by atoms with Gasteiger partial charge >= 0.3 is 0 Å². The van der Waals surface area contributed by atoms with Crippen LogP contribution in [0.4, 0.5) is 11.8 Å². The van der Waals surface area contributed by atoms with E-state index in [2.05, 4.69) is 35.5 Å². The topological polar surface area (TPSA) is 123 Å². The van der Waals surface area contributed by atoms with Crippen LogP contribution < -0.4 is 11.1 Å². The highest BCUT2D eigenvalue weighted by Gasteiger charge is 2.15. The number of H-pyrrole nitrogens is 1. The molecule has 1 unspecified atom stereocenters. The van der Waals surface area contributed by atoms with Crippen molar-refractivity contribution in [2.45, 2.75) is 13.0 Å². The van der Waals surface area contributed by atoms with Gasteiger partial charge in [0.15, 0.2) is 17.3 Å². The van der Waals surface area contributed by atoms with E-state index in [1.54, 1.807) is 12.7 Å². The molecule has 3 heterocycles. The van der Waals surface area contributed by atoms with Gasteiger partial charge in [-0.25, -0.2) is 4.98 Å². The lowest BCUT2D eigenvalue weighted by Crippen LogP contribution is -2.14. The van der Waals surface area contributed by atoms with Crippen molar-refractivity contribution >= 4 is 22.9 Å². The summed E-state index contributed by atoms with van der Waals surface area (Å²) in [5, 5.41) is 11.1. The van der Waals surface area contributed by atoms with E-state index in [-0.39, 0.29) is 12.0 Å². The summed E-state index contributed by atoms with van der Waals surface area (Å²) in [6.07, 6.45) is 3.20. The van der Waals surface area contributed by atoms with Gasteiger partial charge in [0.2, 0.25) is 5.95 Å². The van der Waals surface area contributed by atoms with Crippen molar-refractivity contribution in [2.24, 2.45) is 7.05 Å². The number of aromatic nitrogens is 7. The third kappa shape index (κ3) is 1.94. The standard InChI is InChI=1S/C10H13N9/c1-5(9-18-14-4-19(9)2)15-8-6-7(13-3-12-6)16-10(11)17-8/h3-5H,1-2H3,(H4,11,12,13,15,16,17). The van der Waals surface area contributed by atoms with Crippen LogP contribution >= 0.6 is 0 Å². The number of hydrogen-bond acceptors (Lipinski definition) is 7. The van der Waals surface area contributed by atoms with Crippen molar-refractivity contribution in [1.82, 2.24) is 34.7 Å². The molecule has 0 fully saturated rings. The molecule has 0 saturated carbocycles. The van der Waals surface area contributed by atoms with Gasteiger partial charge in [-0.2, -0.15) is 9.97 Å². The van der Waals surface area contributed by atoms with E-state index >= 15 is 0 Å². The van der Waals surface area contributed by atoms with Gasteiger partial charge in [-0.15, -0.1) is 10.2 Å². The molecule has 19 heavy (non-hydrogen) atoms. The molecule has 0 spiro atoms. The maximum atomic E-state index is 5.66. The summed E-state index contributed by atoms with van der Waals surface area (Å²) >= 11 is 0. The Morgan fingerprint density at radius 1 is 1.42 bits per heavy atom. The van der Waals surface area contributed by atoms with E-state index in [0.717, 1.165) is 5.82 Å². The number of aromatic amines is 1. The Morgan fingerprint density at radius 3 is 3.00 bits per heavy atom. The summed E-state index contributed by atoms with van der Waals surface area (Å²) in [7, 11) is 1.88. The monoisotopic (exact) mass is 259 g/mol. The normalized spacial score (nSPS) is 12.7. The highest BCUT2D eigenvalue weighted by atomic mass is 15.3. The summed E-state index contributed by atoms with van der Waals surface area (Å²) in [6.45, 7) is 1.96. The van der Waals surface area contributed by atoms with E-state index in [1.165, 1.54) is 0 Å². The molecule has 4 N–H and O–H groups in total. The zero-order valence-electron chi connectivity index (χ0n) is 10.5. The highest BCUT2D eigenvalue weighted by molar-refractivity contribution is 5.83. The van der Waals surface area contributed by atoms with Gasteiger partial charge in [-0.05, 0) is 6.92 Å². The Labute approximate surface area is 108 Å². The SMILES string of the molecule is CC(Nc1nc(N)nc2nc[nH]c12)c1nncn1C. The molecule has 9 nitrogen and oxygen atoms in total. The number of fused-ring (bicyclic) bond motifs is 1. The number of nitrogen functional groups attached to an aromatic ring is 1. The quantitative estimate of drug-likeness (QED) is 0.615. The Balaban J connectivity index is 1.97. The predicted molar refractivity (Wildman–Crippen MR) is 69.1 cm³/mol. The Morgan fingerprint density at radius 2 is 2.26 bits per heavy atom. The lowest BCUT2D eigenvalue weighted by Gasteiger charge is -2.13. The number of hydrogen-bond donors (Lipinski definition) is 3. The summed E-state index contributed by atoms with van der Waals surface area (Å²) in [5.74, 6) is 1.56. The third-order valence-corrected chi connectivity index (χ3v) is 2.79. The largest absolute Gasteiger partial charge is 0.368 e. The summed E-state index contributed by atoms with van der Waals surface area (Å²) in [4.78, 5) is 15.3. The van der Waals surface area contributed by atoms with Gasteiger partial charge in [0, 0.05) is 7.05 Å². The van der Waals surface area contributed by atoms with E-state index in [4.69, 9.17) is 5.73 Å². The van der Waals surface area contributed by atoms with Crippen LogP contribution in [0.15, 0.2) is 12.7 Å². The van der Waals surface area contributed by atoms with Crippen LogP contribution in [0.3, 0.4) is 0 Å². The first kappa shape index (κ1) is 11.4. The molecule has 0 aromatic carbocycles. The molecule has 0 amide bonds. The van der Waals surface area contributed by atoms with E-state index in [0.29, 0.717) is 17.0 Å². The summed E-state index contributed by atoms with van der Waals surface area (Å²) in [5.41, 5.74) is 6.90. The van der Waals surface area contributed by atoms with Crippen LogP contribution in [0.25, 0.3) is 11.2 Å². The van der Waals surface area contributed by atoms with Gasteiger partial charge in [0.25, 0.3) is 0 Å². The number of rotatable bonds is 3. The zero-order valence-corrected chi connectivity index (χ0v) is 10.5. The highest BCUT2D eigenvalue weighted by Crippen LogP contribution is 2.21. The van der Waals surface area contributed by atoms with Crippen molar-refractivity contribution in [3.63, 3.8) is 0 Å². The fraction of sp³-hybridized carbons (Fsp3) is 0.300. The fourth-order valence-electron chi connectivity index (χ4n) is 1.91. The van der Waals surface area contributed by atoms with Crippen LogP contribution in [0.5, 0.6) is 0 Å². The lowest BCUT2D eigenvalue weighted by atomic mass is 10.3. The molecule has 0 aliphatic carbocycles. The van der Waals surface area contributed by atoms with Gasteiger partial charge in [0.1, 0.15) is 11.8 Å². The van der Waals surface area contributed by atoms with Gasteiger partial charge in [-0.3, -0.25) is 0 Å². The molecular weight excluding hydrogens is 246 g/mol. The van der Waals surface area contributed by atoms with Crippen LogP contribution in [0, 0.1) is 0 Å². The molecule has 9 heteroatoms. The van der Waals surface area contributed by atoms with Crippen molar-refractivity contribution < 1.29 is 0 Å². The van der Waals surface area contributed by atoms with Crippen LogP contribution in [0.2, 0.25) is 0 Å². The lowest BCUT2D eigenvalue weighted by molar-refractivity contribution is 0.717. The smallest absolute Gasteiger partial charge is 0.224 e. The third-order valence-electron chi connectivity index (χ3n) is 2.79. The number of nitrogens with two attached hydrogens (primary N) is 1. The zero-order chi connectivity index (χ0) is 13.4. The fourth-order valence-corrected chi connectivity index (χ4v) is 1.91. The van der Waals surface area contributed by atoms with E-state index in [9.17, 15) is 0 Å². The van der Waals surface area contributed by atoms with Crippen molar-refractivity contribution in [3.8, 4) is 0 Å². The van der Waals surface area contributed by atoms with Gasteiger partial charge in [0.05, 0.1) is 12.4 Å². The van der Waals surface area contributed by atoms with E-state index in [1.807, 2.05) is 18.5 Å². The Kier molecular flexibility index (Phi) is 2.51. The van der Waals surface area contributed by atoms with Crippen molar-refractivity contribution in [1.29, 1.82) is 0 Å². The molecule has 0 radical (unpaired) electrons. The molecule has 0 aliphatic heterocycles. The summed E-state index contributed by atoms with van der Waals surface area (Å²) < 4.78 is 1.84. The maximum absolute atomic E-state index is 5.66. The first-order chi connectivity index (χ1) is 9.15. The van der Waals surface area contributed by atoms with E-state index < -0.39 is 0 Å². The molecule has 1 atom stereocenters. The Bertz CT molecular complexity index is 713. The van der Waals surface area contributed by atoms with Crippen LogP contribution in [-0.4, -0.2) is 34.7 Å². The number of imidazole rings is 1. The van der Waals surface area contributed by atoms with Crippen LogP contribution in [-0.2, 0) is 7.05 Å². The summed E-state index contributed by atoms with van der Waals surface area (Å²) in [6, 6.07) is -0.0756. The minimum atomic E-state index is -0.0756. The van der Waals surface area contributed by atoms with Crippen molar-refractivity contribution in [3.05, 3.63) is 18.5 Å². The predicted octanol–water partition coefficient (Wildman–Crippen LogP) is 0.237. The molecule has 0 bridgehead atoms. The molecule has 0 saturated heterocycles. The first-order valence-electron chi connectivity index (χ1n) is 5.72.